The summed E-state index contributed by atoms with van der Waals surface area (Å²) < 4.78 is 0. The number of carbonyl (C=O) groups is 1. The molecular formula is C13H19N3OS. The van der Waals surface area contributed by atoms with E-state index in [9.17, 15) is 4.79 Å². The molecule has 5 heteroatoms. The highest BCUT2D eigenvalue weighted by molar-refractivity contribution is 7.09. The molecule has 2 fully saturated rings. The van der Waals surface area contributed by atoms with Gasteiger partial charge in [-0.15, -0.1) is 11.3 Å². The van der Waals surface area contributed by atoms with Gasteiger partial charge in [0.25, 0.3) is 0 Å². The molecule has 2 heterocycles. The number of thiazole rings is 1. The molecule has 1 aromatic rings. The SMILES string of the molecule is Cc1nc(CCN2CCC(NC3CC3)C2=O)cs1. The molecule has 1 aliphatic heterocycles. The number of hydrogen-bond acceptors (Lipinski definition) is 4. The van der Waals surface area contributed by atoms with Crippen LogP contribution in [0.1, 0.15) is 30.0 Å². The summed E-state index contributed by atoms with van der Waals surface area (Å²) in [4.78, 5) is 18.6. The van der Waals surface area contributed by atoms with E-state index in [0.29, 0.717) is 6.04 Å². The van der Waals surface area contributed by atoms with E-state index in [1.165, 1.54) is 12.8 Å². The monoisotopic (exact) mass is 265 g/mol. The summed E-state index contributed by atoms with van der Waals surface area (Å²) in [6.45, 7) is 3.72. The van der Waals surface area contributed by atoms with E-state index in [1.807, 2.05) is 11.8 Å². The zero-order valence-electron chi connectivity index (χ0n) is 10.7. The van der Waals surface area contributed by atoms with Gasteiger partial charge in [0.1, 0.15) is 0 Å². The number of aromatic nitrogens is 1. The molecule has 1 amide bonds. The van der Waals surface area contributed by atoms with Crippen molar-refractivity contribution in [3.63, 3.8) is 0 Å². The first-order valence-electron chi connectivity index (χ1n) is 6.68. The van der Waals surface area contributed by atoms with E-state index in [1.54, 1.807) is 11.3 Å². The molecule has 98 valence electrons. The van der Waals surface area contributed by atoms with E-state index < -0.39 is 0 Å². The van der Waals surface area contributed by atoms with E-state index in [4.69, 9.17) is 0 Å². The Hall–Kier alpha value is -0.940. The third-order valence-electron chi connectivity index (χ3n) is 3.62. The normalized spacial score (nSPS) is 23.9. The number of hydrogen-bond donors (Lipinski definition) is 1. The lowest BCUT2D eigenvalue weighted by Crippen LogP contribution is -2.39. The molecule has 2 aliphatic rings. The van der Waals surface area contributed by atoms with Crippen molar-refractivity contribution in [2.45, 2.75) is 44.7 Å². The molecule has 1 unspecified atom stereocenters. The van der Waals surface area contributed by atoms with Gasteiger partial charge in [0.05, 0.1) is 16.7 Å². The van der Waals surface area contributed by atoms with Crippen LogP contribution in [0.3, 0.4) is 0 Å². The number of likely N-dealkylation sites (tertiary alicyclic amines) is 1. The van der Waals surface area contributed by atoms with Gasteiger partial charge in [0.15, 0.2) is 0 Å². The summed E-state index contributed by atoms with van der Waals surface area (Å²) in [5.41, 5.74) is 1.11. The smallest absolute Gasteiger partial charge is 0.239 e. The average molecular weight is 265 g/mol. The zero-order valence-corrected chi connectivity index (χ0v) is 11.5. The molecule has 1 saturated heterocycles. The molecule has 1 aliphatic carbocycles. The predicted octanol–water partition coefficient (Wildman–Crippen LogP) is 1.35. The van der Waals surface area contributed by atoms with Crippen LogP contribution in [-0.2, 0) is 11.2 Å². The molecular weight excluding hydrogens is 246 g/mol. The summed E-state index contributed by atoms with van der Waals surface area (Å²) in [7, 11) is 0. The van der Waals surface area contributed by atoms with Gasteiger partial charge < -0.3 is 10.2 Å². The fourth-order valence-electron chi connectivity index (χ4n) is 2.42. The number of rotatable bonds is 5. The van der Waals surface area contributed by atoms with Crippen LogP contribution in [-0.4, -0.2) is 41.0 Å². The van der Waals surface area contributed by atoms with Crippen molar-refractivity contribution >= 4 is 17.2 Å². The van der Waals surface area contributed by atoms with Gasteiger partial charge in [-0.25, -0.2) is 4.98 Å². The van der Waals surface area contributed by atoms with E-state index in [0.717, 1.165) is 36.6 Å². The standard InChI is InChI=1S/C13H19N3OS/c1-9-14-11(8-18-9)4-6-16-7-5-12(13(16)17)15-10-2-3-10/h8,10,12,15H,2-7H2,1H3. The Balaban J connectivity index is 1.49. The van der Waals surface area contributed by atoms with Gasteiger partial charge in [-0.1, -0.05) is 0 Å². The van der Waals surface area contributed by atoms with Crippen LogP contribution >= 0.6 is 11.3 Å². The lowest BCUT2D eigenvalue weighted by atomic mass is 10.2. The molecule has 0 bridgehead atoms. The van der Waals surface area contributed by atoms with Crippen molar-refractivity contribution < 1.29 is 4.79 Å². The number of nitrogens with zero attached hydrogens (tertiary/aromatic N) is 2. The van der Waals surface area contributed by atoms with Crippen molar-refractivity contribution in [1.29, 1.82) is 0 Å². The molecule has 0 spiro atoms. The third kappa shape index (κ3) is 2.72. The Kier molecular flexibility index (Phi) is 3.35. The minimum absolute atomic E-state index is 0.0784. The minimum Gasteiger partial charge on any atom is -0.341 e. The second-order valence-electron chi connectivity index (χ2n) is 5.22. The fourth-order valence-corrected chi connectivity index (χ4v) is 3.07. The number of carbonyl (C=O) groups excluding carboxylic acids is 1. The number of aryl methyl sites for hydroxylation is 1. The van der Waals surface area contributed by atoms with E-state index >= 15 is 0 Å². The second-order valence-corrected chi connectivity index (χ2v) is 6.28. The molecule has 4 nitrogen and oxygen atoms in total. The lowest BCUT2D eigenvalue weighted by Gasteiger charge is -2.16. The summed E-state index contributed by atoms with van der Waals surface area (Å²) >= 11 is 1.68. The first-order valence-corrected chi connectivity index (χ1v) is 7.56. The highest BCUT2D eigenvalue weighted by Gasteiger charge is 2.35. The minimum atomic E-state index is 0.0784. The third-order valence-corrected chi connectivity index (χ3v) is 4.44. The van der Waals surface area contributed by atoms with Crippen LogP contribution in [0.15, 0.2) is 5.38 Å². The van der Waals surface area contributed by atoms with Gasteiger partial charge in [-0.2, -0.15) is 0 Å². The first-order chi connectivity index (χ1) is 8.72. The van der Waals surface area contributed by atoms with E-state index in [-0.39, 0.29) is 11.9 Å². The van der Waals surface area contributed by atoms with Crippen molar-refractivity contribution in [2.24, 2.45) is 0 Å². The predicted molar refractivity (Wildman–Crippen MR) is 71.7 cm³/mol. The van der Waals surface area contributed by atoms with Crippen LogP contribution in [0, 0.1) is 6.92 Å². The van der Waals surface area contributed by atoms with Crippen LogP contribution in [0.4, 0.5) is 0 Å². The maximum Gasteiger partial charge on any atom is 0.239 e. The highest BCUT2D eigenvalue weighted by atomic mass is 32.1. The van der Waals surface area contributed by atoms with Crippen LogP contribution in [0.2, 0.25) is 0 Å². The molecule has 3 rings (SSSR count). The highest BCUT2D eigenvalue weighted by Crippen LogP contribution is 2.22. The first kappa shape index (κ1) is 12.1. The lowest BCUT2D eigenvalue weighted by molar-refractivity contribution is -0.129. The van der Waals surface area contributed by atoms with Crippen LogP contribution < -0.4 is 5.32 Å². The Morgan fingerprint density at radius 2 is 2.33 bits per heavy atom. The summed E-state index contributed by atoms with van der Waals surface area (Å²) in [5.74, 6) is 0.286. The summed E-state index contributed by atoms with van der Waals surface area (Å²) in [6.07, 6.45) is 4.32. The largest absolute Gasteiger partial charge is 0.341 e. The van der Waals surface area contributed by atoms with Crippen molar-refractivity contribution in [3.05, 3.63) is 16.1 Å². The summed E-state index contributed by atoms with van der Waals surface area (Å²) in [5, 5.41) is 6.63. The molecule has 1 atom stereocenters. The van der Waals surface area contributed by atoms with Crippen molar-refractivity contribution in [2.75, 3.05) is 13.1 Å². The molecule has 18 heavy (non-hydrogen) atoms. The molecule has 1 N–H and O–H groups in total. The van der Waals surface area contributed by atoms with Crippen molar-refractivity contribution in [1.82, 2.24) is 15.2 Å². The van der Waals surface area contributed by atoms with Gasteiger partial charge in [-0.3, -0.25) is 4.79 Å². The van der Waals surface area contributed by atoms with Crippen LogP contribution in [0.25, 0.3) is 0 Å². The van der Waals surface area contributed by atoms with Gasteiger partial charge >= 0.3 is 0 Å². The van der Waals surface area contributed by atoms with Gasteiger partial charge in [-0.05, 0) is 26.2 Å². The number of amides is 1. The topological polar surface area (TPSA) is 45.2 Å². The molecule has 1 saturated carbocycles. The summed E-state index contributed by atoms with van der Waals surface area (Å²) in [6, 6.07) is 0.690. The van der Waals surface area contributed by atoms with E-state index in [2.05, 4.69) is 15.7 Å². The van der Waals surface area contributed by atoms with Gasteiger partial charge in [0, 0.05) is 30.9 Å². The Bertz CT molecular complexity index is 441. The molecule has 0 radical (unpaired) electrons. The van der Waals surface area contributed by atoms with Gasteiger partial charge in [0.2, 0.25) is 5.91 Å². The maximum absolute atomic E-state index is 12.1. The van der Waals surface area contributed by atoms with Crippen molar-refractivity contribution in [3.8, 4) is 0 Å². The average Bonchev–Trinajstić information content (AvgIpc) is 2.98. The fraction of sp³-hybridized carbons (Fsp3) is 0.692. The molecule has 0 aromatic carbocycles. The second kappa shape index (κ2) is 4.97. The molecule has 1 aromatic heterocycles. The Labute approximate surface area is 111 Å². The Morgan fingerprint density at radius 1 is 1.50 bits per heavy atom. The number of nitrogens with one attached hydrogen (secondary N) is 1. The zero-order chi connectivity index (χ0) is 12.5. The Morgan fingerprint density at radius 3 is 3.00 bits per heavy atom. The maximum atomic E-state index is 12.1. The quantitative estimate of drug-likeness (QED) is 0.874. The van der Waals surface area contributed by atoms with Crippen LogP contribution in [0.5, 0.6) is 0 Å².